The molecule has 0 aliphatic rings. The monoisotopic (exact) mass is 384 g/mol. The Kier molecular flexibility index (Phi) is 8.37. The van der Waals surface area contributed by atoms with Crippen LogP contribution in [0.1, 0.15) is 40.2 Å². The summed E-state index contributed by atoms with van der Waals surface area (Å²) in [4.78, 5) is 23.5. The summed E-state index contributed by atoms with van der Waals surface area (Å²) in [6.07, 6.45) is -0.0110. The van der Waals surface area contributed by atoms with Gasteiger partial charge in [-0.25, -0.2) is 4.79 Å². The average molecular weight is 385 g/mol. The van der Waals surface area contributed by atoms with Crippen LogP contribution in [0.3, 0.4) is 0 Å². The zero-order chi connectivity index (χ0) is 19.9. The van der Waals surface area contributed by atoms with Crippen molar-refractivity contribution in [2.24, 2.45) is 5.92 Å². The number of carboxylic acids is 1. The third-order valence-electron chi connectivity index (χ3n) is 3.63. The van der Waals surface area contributed by atoms with E-state index in [-0.39, 0.29) is 12.0 Å². The van der Waals surface area contributed by atoms with Crippen molar-refractivity contribution in [3.63, 3.8) is 0 Å². The topological polar surface area (TPSA) is 87.7 Å². The predicted octanol–water partition coefficient (Wildman–Crippen LogP) is 3.47. The second-order valence-electron chi connectivity index (χ2n) is 7.64. The Balaban J connectivity index is 2.81. The fourth-order valence-corrected chi connectivity index (χ4v) is 2.56. The lowest BCUT2D eigenvalue weighted by Gasteiger charge is -2.26. The van der Waals surface area contributed by atoms with Crippen molar-refractivity contribution in [3.05, 3.63) is 34.9 Å². The molecule has 0 aromatic heterocycles. The summed E-state index contributed by atoms with van der Waals surface area (Å²) < 4.78 is 5.31. The van der Waals surface area contributed by atoms with Crippen LogP contribution < -0.4 is 10.6 Å². The lowest BCUT2D eigenvalue weighted by atomic mass is 10.0. The number of nitrogens with one attached hydrogen (secondary N) is 2. The summed E-state index contributed by atoms with van der Waals surface area (Å²) in [6, 6.07) is 6.30. The second-order valence-corrected chi connectivity index (χ2v) is 8.08. The molecule has 0 aliphatic heterocycles. The first-order valence-corrected chi connectivity index (χ1v) is 9.06. The van der Waals surface area contributed by atoms with E-state index in [0.717, 1.165) is 5.56 Å². The molecule has 0 spiro atoms. The minimum Gasteiger partial charge on any atom is -0.480 e. The lowest BCUT2D eigenvalue weighted by Crippen LogP contribution is -2.50. The smallest absolute Gasteiger partial charge is 0.407 e. The number of carbonyl (C=O) groups is 2. The molecule has 0 heterocycles. The fraction of sp³-hybridized carbons (Fsp3) is 0.579. The Bertz CT molecular complexity index is 597. The van der Waals surface area contributed by atoms with Gasteiger partial charge in [-0.15, -0.1) is 0 Å². The minimum atomic E-state index is -0.914. The molecule has 0 saturated carbocycles. The molecule has 2 atom stereocenters. The van der Waals surface area contributed by atoms with Crippen LogP contribution in [-0.2, 0) is 16.0 Å². The molecule has 0 unspecified atom stereocenters. The van der Waals surface area contributed by atoms with Crippen LogP contribution in [0.2, 0.25) is 5.02 Å². The highest BCUT2D eigenvalue weighted by Gasteiger charge is 2.24. The summed E-state index contributed by atoms with van der Waals surface area (Å²) in [6.45, 7) is 9.34. The van der Waals surface area contributed by atoms with Gasteiger partial charge in [0, 0.05) is 17.6 Å². The number of ether oxygens (including phenoxy) is 1. The first-order valence-electron chi connectivity index (χ1n) is 8.68. The molecular weight excluding hydrogens is 356 g/mol. The van der Waals surface area contributed by atoms with Gasteiger partial charge in [-0.3, -0.25) is 4.79 Å². The van der Waals surface area contributed by atoms with Crippen LogP contribution in [0.25, 0.3) is 0 Å². The number of rotatable bonds is 8. The lowest BCUT2D eigenvalue weighted by molar-refractivity contribution is -0.140. The van der Waals surface area contributed by atoms with Crippen LogP contribution in [0.4, 0.5) is 4.79 Å². The summed E-state index contributed by atoms with van der Waals surface area (Å²) in [5.41, 5.74) is 0.373. The number of alkyl carbamates (subject to hydrolysis) is 1. The Labute approximate surface area is 160 Å². The average Bonchev–Trinajstić information content (AvgIpc) is 2.46. The Morgan fingerprint density at radius 1 is 1.19 bits per heavy atom. The van der Waals surface area contributed by atoms with Crippen LogP contribution in [0.5, 0.6) is 0 Å². The number of aliphatic carboxylic acids is 1. The third kappa shape index (κ3) is 8.54. The van der Waals surface area contributed by atoms with Crippen LogP contribution in [0.15, 0.2) is 24.3 Å². The van der Waals surface area contributed by atoms with Crippen molar-refractivity contribution in [3.8, 4) is 0 Å². The first kappa shape index (κ1) is 22.3. The van der Waals surface area contributed by atoms with E-state index >= 15 is 0 Å². The molecule has 3 N–H and O–H groups in total. The van der Waals surface area contributed by atoms with Gasteiger partial charge in [0.15, 0.2) is 0 Å². The minimum absolute atomic E-state index is 0.0785. The Morgan fingerprint density at radius 3 is 2.23 bits per heavy atom. The third-order valence-corrected chi connectivity index (χ3v) is 3.89. The number of hydrogen-bond donors (Lipinski definition) is 3. The molecule has 6 nitrogen and oxygen atoms in total. The van der Waals surface area contributed by atoms with Gasteiger partial charge in [0.2, 0.25) is 0 Å². The number of amides is 1. The molecule has 0 saturated heterocycles. The van der Waals surface area contributed by atoms with E-state index in [4.69, 9.17) is 16.3 Å². The zero-order valence-corrected chi connectivity index (χ0v) is 16.8. The van der Waals surface area contributed by atoms with Crippen molar-refractivity contribution in [2.45, 2.75) is 58.7 Å². The molecular formula is C19H29ClN2O4. The highest BCUT2D eigenvalue weighted by molar-refractivity contribution is 6.30. The first-order chi connectivity index (χ1) is 12.0. The van der Waals surface area contributed by atoms with E-state index in [1.54, 1.807) is 32.9 Å². The summed E-state index contributed by atoms with van der Waals surface area (Å²) in [5.74, 6) is -0.993. The van der Waals surface area contributed by atoms with E-state index < -0.39 is 23.7 Å². The van der Waals surface area contributed by atoms with Gasteiger partial charge in [0.1, 0.15) is 11.6 Å². The molecule has 1 amide bonds. The molecule has 0 radical (unpaired) electrons. The Morgan fingerprint density at radius 2 is 1.77 bits per heavy atom. The summed E-state index contributed by atoms with van der Waals surface area (Å²) in [7, 11) is 0. The largest absolute Gasteiger partial charge is 0.480 e. The molecule has 0 aliphatic carbocycles. The summed E-state index contributed by atoms with van der Waals surface area (Å²) >= 11 is 5.91. The standard InChI is InChI=1S/C19H29ClN2O4/c1-12(2)16(17(23)24)21-11-15(22-18(25)26-19(3,4)5)10-13-6-8-14(20)9-7-13/h6-9,12,15-16,21H,10-11H2,1-5H3,(H,22,25)(H,23,24)/t15-,16-/m0/s1. The molecule has 1 aromatic rings. The van der Waals surface area contributed by atoms with Gasteiger partial charge in [-0.1, -0.05) is 37.6 Å². The van der Waals surface area contributed by atoms with E-state index in [1.165, 1.54) is 0 Å². The molecule has 0 fully saturated rings. The maximum Gasteiger partial charge on any atom is 0.407 e. The second kappa shape index (κ2) is 9.78. The van der Waals surface area contributed by atoms with Gasteiger partial charge in [-0.2, -0.15) is 0 Å². The highest BCUT2D eigenvalue weighted by atomic mass is 35.5. The normalized spacial score (nSPS) is 14.0. The van der Waals surface area contributed by atoms with E-state index in [9.17, 15) is 14.7 Å². The Hall–Kier alpha value is -1.79. The summed E-state index contributed by atoms with van der Waals surface area (Å²) in [5, 5.41) is 15.8. The number of carboxylic acid groups (broad SMARTS) is 1. The number of carbonyl (C=O) groups excluding carboxylic acids is 1. The van der Waals surface area contributed by atoms with Gasteiger partial charge >= 0.3 is 12.1 Å². The predicted molar refractivity (Wildman–Crippen MR) is 103 cm³/mol. The quantitative estimate of drug-likeness (QED) is 0.638. The molecule has 26 heavy (non-hydrogen) atoms. The van der Waals surface area contributed by atoms with Crippen molar-refractivity contribution in [1.82, 2.24) is 10.6 Å². The molecule has 1 rings (SSSR count). The number of benzene rings is 1. The van der Waals surface area contributed by atoms with Crippen molar-refractivity contribution in [1.29, 1.82) is 0 Å². The SMILES string of the molecule is CC(C)[C@H](NC[C@H](Cc1ccc(Cl)cc1)NC(=O)OC(C)(C)C)C(=O)O. The molecule has 7 heteroatoms. The highest BCUT2D eigenvalue weighted by Crippen LogP contribution is 2.12. The van der Waals surface area contributed by atoms with Crippen molar-refractivity contribution >= 4 is 23.7 Å². The van der Waals surface area contributed by atoms with Gasteiger partial charge in [0.05, 0.1) is 0 Å². The van der Waals surface area contributed by atoms with Gasteiger partial charge in [0.25, 0.3) is 0 Å². The van der Waals surface area contributed by atoms with Crippen molar-refractivity contribution in [2.75, 3.05) is 6.54 Å². The van der Waals surface area contributed by atoms with Crippen LogP contribution in [-0.4, -0.2) is 41.4 Å². The van der Waals surface area contributed by atoms with E-state index in [1.807, 2.05) is 26.0 Å². The molecule has 0 bridgehead atoms. The number of hydrogen-bond acceptors (Lipinski definition) is 4. The van der Waals surface area contributed by atoms with Gasteiger partial charge in [-0.05, 0) is 50.8 Å². The van der Waals surface area contributed by atoms with Crippen molar-refractivity contribution < 1.29 is 19.4 Å². The molecule has 1 aromatic carbocycles. The van der Waals surface area contributed by atoms with E-state index in [2.05, 4.69) is 10.6 Å². The maximum atomic E-state index is 12.1. The maximum absolute atomic E-state index is 12.1. The van der Waals surface area contributed by atoms with E-state index in [0.29, 0.717) is 18.0 Å². The van der Waals surface area contributed by atoms with Crippen LogP contribution >= 0.6 is 11.6 Å². The zero-order valence-electron chi connectivity index (χ0n) is 16.0. The number of halogens is 1. The fourth-order valence-electron chi connectivity index (χ4n) is 2.43. The van der Waals surface area contributed by atoms with Gasteiger partial charge < -0.3 is 20.5 Å². The molecule has 146 valence electrons. The van der Waals surface area contributed by atoms with Crippen LogP contribution in [0, 0.1) is 5.92 Å².